The number of halogens is 1. The van der Waals surface area contributed by atoms with Crippen molar-refractivity contribution in [1.82, 2.24) is 4.31 Å². The first-order valence-electron chi connectivity index (χ1n) is 11.3. The van der Waals surface area contributed by atoms with Crippen molar-refractivity contribution in [3.05, 3.63) is 83.2 Å². The van der Waals surface area contributed by atoms with Crippen LogP contribution in [0, 0.1) is 5.82 Å². The number of benzene rings is 2. The van der Waals surface area contributed by atoms with Gasteiger partial charge >= 0.3 is 5.97 Å². The minimum Gasteiger partial charge on any atom is -0.597 e. The summed E-state index contributed by atoms with van der Waals surface area (Å²) in [4.78, 5) is 11.7. The highest BCUT2D eigenvalue weighted by Gasteiger charge is 2.43. The zero-order valence-corrected chi connectivity index (χ0v) is 19.4. The minimum atomic E-state index is -1.22. The quantitative estimate of drug-likeness (QED) is 0.320. The molecule has 1 saturated heterocycles. The van der Waals surface area contributed by atoms with Crippen LogP contribution in [-0.4, -0.2) is 27.5 Å². The second-order valence-electron chi connectivity index (χ2n) is 8.72. The zero-order chi connectivity index (χ0) is 22.7. The van der Waals surface area contributed by atoms with Crippen LogP contribution >= 0.6 is 0 Å². The lowest BCUT2D eigenvalue weighted by Crippen LogP contribution is -2.44. The van der Waals surface area contributed by atoms with E-state index in [1.54, 1.807) is 19.1 Å². The van der Waals surface area contributed by atoms with Gasteiger partial charge in [0.2, 0.25) is 0 Å². The predicted molar refractivity (Wildman–Crippen MR) is 125 cm³/mol. The van der Waals surface area contributed by atoms with Crippen LogP contribution < -0.4 is 0 Å². The molecule has 0 bridgehead atoms. The molecule has 1 unspecified atom stereocenters. The van der Waals surface area contributed by atoms with Gasteiger partial charge in [0.15, 0.2) is 5.25 Å². The summed E-state index contributed by atoms with van der Waals surface area (Å²) in [5.74, 6) is -0.658. The van der Waals surface area contributed by atoms with Gasteiger partial charge in [-0.1, -0.05) is 48.5 Å². The van der Waals surface area contributed by atoms with Gasteiger partial charge in [-0.3, -0.25) is 0 Å². The molecule has 0 aromatic heterocycles. The molecule has 2 aromatic rings. The summed E-state index contributed by atoms with van der Waals surface area (Å²) in [6.45, 7) is 4.48. The number of carbonyl (C=O) groups excluding carboxylic acids is 1. The molecule has 0 radical (unpaired) electrons. The molecular weight excluding hydrogens is 425 g/mol. The van der Waals surface area contributed by atoms with Gasteiger partial charge < -0.3 is 9.29 Å². The summed E-state index contributed by atoms with van der Waals surface area (Å²) in [5, 5.41) is -0.0579. The summed E-state index contributed by atoms with van der Waals surface area (Å²) < 4.78 is 35.3. The lowest BCUT2D eigenvalue weighted by Gasteiger charge is -2.38. The van der Waals surface area contributed by atoms with Crippen molar-refractivity contribution in [3.63, 3.8) is 0 Å². The van der Waals surface area contributed by atoms with Crippen LogP contribution in [0.3, 0.4) is 0 Å². The fraction of sp³-hybridized carbons (Fsp3) is 0.423. The number of esters is 1. The van der Waals surface area contributed by atoms with Gasteiger partial charge in [-0.05, 0) is 44.7 Å². The summed E-state index contributed by atoms with van der Waals surface area (Å²) >= 11 is -1.22. The molecule has 1 aliphatic heterocycles. The average Bonchev–Trinajstić information content (AvgIpc) is 3.58. The van der Waals surface area contributed by atoms with Crippen molar-refractivity contribution in [2.75, 3.05) is 6.61 Å². The minimum absolute atomic E-state index is 0.0579. The molecule has 1 heterocycles. The predicted octanol–water partition coefficient (Wildman–Crippen LogP) is 5.37. The normalized spacial score (nSPS) is 25.1. The Bertz CT molecular complexity index is 976. The molecule has 3 atom stereocenters. The van der Waals surface area contributed by atoms with Gasteiger partial charge in [-0.15, -0.1) is 4.31 Å². The maximum absolute atomic E-state index is 15.1. The molecule has 2 aromatic carbocycles. The fourth-order valence-corrected chi connectivity index (χ4v) is 6.19. The summed E-state index contributed by atoms with van der Waals surface area (Å²) in [6.07, 6.45) is 6.84. The first-order chi connectivity index (χ1) is 15.4. The van der Waals surface area contributed by atoms with Gasteiger partial charge in [0.1, 0.15) is 5.82 Å². The lowest BCUT2D eigenvalue weighted by molar-refractivity contribution is -0.137. The molecule has 1 saturated carbocycles. The lowest BCUT2D eigenvalue weighted by atomic mass is 9.94. The van der Waals surface area contributed by atoms with Gasteiger partial charge in [0, 0.05) is 40.4 Å². The maximum atomic E-state index is 15.1. The molecule has 4 rings (SSSR count). The standard InChI is InChI=1S/C26H30FNO3S/c1-3-31-25(29)13-14-26(15-16-26)22-11-10-21(23(27)17-22)18-28-19(2)9-12-24(32(28)30)20-7-5-4-6-8-20/h4-8,10-11,13-14,17,19,24H,3,9,12,15-16,18H2,1-2H3/b14-13+/t19-,24+,32?/m0/s1. The second-order valence-corrected chi connectivity index (χ2v) is 10.3. The number of hydrogen-bond donors (Lipinski definition) is 0. The topological polar surface area (TPSA) is 52.6 Å². The molecule has 0 amide bonds. The highest BCUT2D eigenvalue weighted by Crippen LogP contribution is 2.50. The SMILES string of the molecule is CCOC(=O)/C=C/C1(c2ccc(CN3[C@@H](C)CC[C@H](c4ccccc4)[S+]3[O-])c(F)c2)CC1. The van der Waals surface area contributed by atoms with Crippen LogP contribution in [0.4, 0.5) is 4.39 Å². The third kappa shape index (κ3) is 4.92. The van der Waals surface area contributed by atoms with E-state index >= 15 is 4.39 Å². The van der Waals surface area contributed by atoms with Crippen LogP contribution in [0.5, 0.6) is 0 Å². The Morgan fingerprint density at radius 2 is 2.00 bits per heavy atom. The summed E-state index contributed by atoms with van der Waals surface area (Å²) in [6, 6.07) is 15.4. The number of ether oxygens (including phenoxy) is 1. The van der Waals surface area contributed by atoms with E-state index in [0.717, 1.165) is 36.8 Å². The van der Waals surface area contributed by atoms with E-state index in [2.05, 4.69) is 6.92 Å². The first-order valence-corrected chi connectivity index (χ1v) is 12.5. The van der Waals surface area contributed by atoms with E-state index in [-0.39, 0.29) is 28.5 Å². The van der Waals surface area contributed by atoms with Crippen LogP contribution in [0.1, 0.15) is 61.5 Å². The molecule has 170 valence electrons. The highest BCUT2D eigenvalue weighted by atomic mass is 32.2. The third-order valence-corrected chi connectivity index (χ3v) is 8.50. The molecule has 4 nitrogen and oxygen atoms in total. The van der Waals surface area contributed by atoms with E-state index in [0.29, 0.717) is 18.7 Å². The van der Waals surface area contributed by atoms with Crippen molar-refractivity contribution in [1.29, 1.82) is 0 Å². The number of hydrogen-bond acceptors (Lipinski definition) is 4. The van der Waals surface area contributed by atoms with Crippen molar-refractivity contribution < 1.29 is 18.5 Å². The number of nitrogens with zero attached hydrogens (tertiary/aromatic N) is 1. The first kappa shape index (κ1) is 23.0. The summed E-state index contributed by atoms with van der Waals surface area (Å²) in [7, 11) is 0. The number of allylic oxidation sites excluding steroid dienone is 1. The maximum Gasteiger partial charge on any atom is 0.330 e. The van der Waals surface area contributed by atoms with Gasteiger partial charge in [-0.25, -0.2) is 9.18 Å². The fourth-order valence-electron chi connectivity index (χ4n) is 4.41. The highest BCUT2D eigenvalue weighted by molar-refractivity contribution is 7.89. The Morgan fingerprint density at radius 1 is 1.25 bits per heavy atom. The van der Waals surface area contributed by atoms with Crippen LogP contribution in [0.25, 0.3) is 0 Å². The molecule has 32 heavy (non-hydrogen) atoms. The van der Waals surface area contributed by atoms with Crippen molar-refractivity contribution in [3.8, 4) is 0 Å². The van der Waals surface area contributed by atoms with E-state index < -0.39 is 11.4 Å². The Morgan fingerprint density at radius 3 is 2.66 bits per heavy atom. The van der Waals surface area contributed by atoms with Crippen LogP contribution in [0.2, 0.25) is 0 Å². The largest absolute Gasteiger partial charge is 0.597 e. The Labute approximate surface area is 192 Å². The smallest absolute Gasteiger partial charge is 0.330 e. The van der Waals surface area contributed by atoms with Crippen molar-refractivity contribution in [2.24, 2.45) is 0 Å². The van der Waals surface area contributed by atoms with Crippen LogP contribution in [-0.2, 0) is 32.9 Å². The molecule has 0 spiro atoms. The third-order valence-electron chi connectivity index (χ3n) is 6.55. The Kier molecular flexibility index (Phi) is 7.03. The Hall–Kier alpha value is -2.15. The molecule has 2 fully saturated rings. The van der Waals surface area contributed by atoms with E-state index in [9.17, 15) is 9.35 Å². The molecule has 6 heteroatoms. The molecule has 2 aliphatic rings. The van der Waals surface area contributed by atoms with Gasteiger partial charge in [0.05, 0.1) is 19.2 Å². The van der Waals surface area contributed by atoms with E-state index in [4.69, 9.17) is 4.74 Å². The average molecular weight is 456 g/mol. The number of rotatable bonds is 7. The molecular formula is C26H30FNO3S. The molecule has 0 N–H and O–H groups in total. The second kappa shape index (κ2) is 9.77. The molecule has 1 aliphatic carbocycles. The summed E-state index contributed by atoms with van der Waals surface area (Å²) in [5.41, 5.74) is 2.20. The zero-order valence-electron chi connectivity index (χ0n) is 18.6. The van der Waals surface area contributed by atoms with E-state index in [1.807, 2.05) is 46.8 Å². The van der Waals surface area contributed by atoms with Crippen molar-refractivity contribution >= 4 is 17.3 Å². The van der Waals surface area contributed by atoms with Crippen molar-refractivity contribution in [2.45, 2.75) is 62.8 Å². The van der Waals surface area contributed by atoms with Gasteiger partial charge in [-0.2, -0.15) is 0 Å². The van der Waals surface area contributed by atoms with Gasteiger partial charge in [0.25, 0.3) is 0 Å². The monoisotopic (exact) mass is 455 g/mol. The van der Waals surface area contributed by atoms with Crippen LogP contribution in [0.15, 0.2) is 60.7 Å². The Balaban J connectivity index is 1.49. The van der Waals surface area contributed by atoms with E-state index in [1.165, 1.54) is 6.08 Å². The number of carbonyl (C=O) groups is 1.